The fraction of sp³-hybridized carbons (Fsp3) is 0.211. The van der Waals surface area contributed by atoms with E-state index in [0.29, 0.717) is 16.7 Å². The number of carbonyl (C=O) groups excluding carboxylic acids is 1. The van der Waals surface area contributed by atoms with Crippen LogP contribution in [0.5, 0.6) is 0 Å². The average molecular weight is 480 g/mol. The van der Waals surface area contributed by atoms with Crippen LogP contribution < -0.4 is 10.7 Å². The van der Waals surface area contributed by atoms with Crippen LogP contribution in [0.15, 0.2) is 35.3 Å². The third-order valence-electron chi connectivity index (χ3n) is 4.16. The average Bonchev–Trinajstić information content (AvgIpc) is 2.66. The number of hydrogen-bond acceptors (Lipinski definition) is 4. The second-order valence-corrected chi connectivity index (χ2v) is 6.98. The number of benzene rings is 1. The molecule has 3 rings (SSSR count). The standard InChI is InChI=1S/C19H12ClF6N3O3/c1-8(7-32-19(24,25)26)27-18(31)11-6-29(15-12(22)4-9(21)5-13(15)23)17-10(16(11)30)2-3-14(20)28-17/h2-6,8H,7H2,1H3,(H,27,31). The molecule has 2 heterocycles. The van der Waals surface area contributed by atoms with E-state index in [2.05, 4.69) is 15.0 Å². The molecule has 0 spiro atoms. The van der Waals surface area contributed by atoms with E-state index in [1.54, 1.807) is 0 Å². The van der Waals surface area contributed by atoms with Gasteiger partial charge in [0.2, 0.25) is 5.43 Å². The fourth-order valence-corrected chi connectivity index (χ4v) is 2.98. The minimum atomic E-state index is -4.93. The predicted octanol–water partition coefficient (Wildman–Crippen LogP) is 4.11. The molecule has 0 saturated carbocycles. The summed E-state index contributed by atoms with van der Waals surface area (Å²) in [5.41, 5.74) is -2.78. The van der Waals surface area contributed by atoms with Crippen molar-refractivity contribution in [3.8, 4) is 5.69 Å². The van der Waals surface area contributed by atoms with E-state index in [1.165, 1.54) is 13.0 Å². The van der Waals surface area contributed by atoms with Crippen LogP contribution in [0.25, 0.3) is 16.7 Å². The summed E-state index contributed by atoms with van der Waals surface area (Å²) in [6, 6.07) is 1.91. The van der Waals surface area contributed by atoms with Crippen LogP contribution in [0.4, 0.5) is 26.3 Å². The molecule has 3 aromatic rings. The second kappa shape index (κ2) is 8.79. The molecular weight excluding hydrogens is 468 g/mol. The van der Waals surface area contributed by atoms with Gasteiger partial charge in [-0.1, -0.05) is 11.6 Å². The molecule has 1 aromatic carbocycles. The first-order valence-electron chi connectivity index (χ1n) is 8.75. The molecule has 0 fully saturated rings. The van der Waals surface area contributed by atoms with Gasteiger partial charge >= 0.3 is 6.36 Å². The Bertz CT molecular complexity index is 1240. The second-order valence-electron chi connectivity index (χ2n) is 6.60. The van der Waals surface area contributed by atoms with Crippen molar-refractivity contribution in [3.63, 3.8) is 0 Å². The Morgan fingerprint density at radius 2 is 1.84 bits per heavy atom. The summed E-state index contributed by atoms with van der Waals surface area (Å²) in [5, 5.41) is 1.71. The number of ether oxygens (including phenoxy) is 1. The van der Waals surface area contributed by atoms with Gasteiger partial charge in [0.05, 0.1) is 18.0 Å². The minimum absolute atomic E-state index is 0.149. The smallest absolute Gasteiger partial charge is 0.347 e. The molecule has 1 atom stereocenters. The lowest BCUT2D eigenvalue weighted by Gasteiger charge is -2.17. The largest absolute Gasteiger partial charge is 0.522 e. The number of halogens is 7. The molecule has 1 N–H and O–H groups in total. The molecule has 0 aliphatic carbocycles. The molecule has 32 heavy (non-hydrogen) atoms. The van der Waals surface area contributed by atoms with E-state index < -0.39 is 59.0 Å². The van der Waals surface area contributed by atoms with Gasteiger partial charge in [-0.2, -0.15) is 0 Å². The highest BCUT2D eigenvalue weighted by Gasteiger charge is 2.30. The maximum absolute atomic E-state index is 14.4. The van der Waals surface area contributed by atoms with E-state index in [9.17, 15) is 35.9 Å². The van der Waals surface area contributed by atoms with E-state index in [1.807, 2.05) is 0 Å². The number of nitrogens with one attached hydrogen (secondary N) is 1. The zero-order valence-electron chi connectivity index (χ0n) is 15.9. The first-order valence-corrected chi connectivity index (χ1v) is 9.13. The van der Waals surface area contributed by atoms with E-state index in [4.69, 9.17) is 11.6 Å². The first kappa shape index (κ1) is 23.5. The van der Waals surface area contributed by atoms with Crippen LogP contribution in [0, 0.1) is 17.5 Å². The summed E-state index contributed by atoms with van der Waals surface area (Å²) in [7, 11) is 0. The fourth-order valence-electron chi connectivity index (χ4n) is 2.84. The number of nitrogens with zero attached hydrogens (tertiary/aromatic N) is 2. The van der Waals surface area contributed by atoms with Crippen molar-refractivity contribution in [1.82, 2.24) is 14.9 Å². The Labute approximate surface area is 180 Å². The number of alkyl halides is 3. The van der Waals surface area contributed by atoms with Gasteiger partial charge in [-0.15, -0.1) is 13.2 Å². The van der Waals surface area contributed by atoms with Crippen LogP contribution >= 0.6 is 11.6 Å². The van der Waals surface area contributed by atoms with Gasteiger partial charge in [-0.05, 0) is 19.1 Å². The van der Waals surface area contributed by atoms with Gasteiger partial charge in [-0.3, -0.25) is 18.9 Å². The van der Waals surface area contributed by atoms with Crippen molar-refractivity contribution in [1.29, 1.82) is 0 Å². The van der Waals surface area contributed by atoms with Crippen molar-refractivity contribution in [2.24, 2.45) is 0 Å². The van der Waals surface area contributed by atoms with Gasteiger partial charge in [0, 0.05) is 18.3 Å². The molecule has 1 amide bonds. The Kier molecular flexibility index (Phi) is 6.46. The molecule has 0 aliphatic rings. The highest BCUT2D eigenvalue weighted by molar-refractivity contribution is 6.29. The summed E-state index contributed by atoms with van der Waals surface area (Å²) in [5.74, 6) is -5.08. The SMILES string of the molecule is CC(COC(F)(F)F)NC(=O)c1cn(-c2c(F)cc(F)cc2F)c2nc(Cl)ccc2c1=O. The monoisotopic (exact) mass is 479 g/mol. The van der Waals surface area contributed by atoms with Crippen molar-refractivity contribution in [2.75, 3.05) is 6.61 Å². The first-order chi connectivity index (χ1) is 14.9. The van der Waals surface area contributed by atoms with Crippen LogP contribution in [0.3, 0.4) is 0 Å². The van der Waals surface area contributed by atoms with Crippen LogP contribution in [0.1, 0.15) is 17.3 Å². The number of amides is 1. The normalized spacial score (nSPS) is 12.8. The van der Waals surface area contributed by atoms with Crippen LogP contribution in [-0.2, 0) is 4.74 Å². The van der Waals surface area contributed by atoms with Gasteiger partial charge < -0.3 is 5.32 Å². The maximum Gasteiger partial charge on any atom is 0.522 e. The Balaban J connectivity index is 2.14. The van der Waals surface area contributed by atoms with Crippen molar-refractivity contribution < 1.29 is 35.9 Å². The third-order valence-corrected chi connectivity index (χ3v) is 4.37. The van der Waals surface area contributed by atoms with Crippen molar-refractivity contribution in [2.45, 2.75) is 19.3 Å². The van der Waals surface area contributed by atoms with Gasteiger partial charge in [-0.25, -0.2) is 18.2 Å². The predicted molar refractivity (Wildman–Crippen MR) is 101 cm³/mol. The van der Waals surface area contributed by atoms with Gasteiger partial charge in [0.15, 0.2) is 11.6 Å². The topological polar surface area (TPSA) is 73.2 Å². The lowest BCUT2D eigenvalue weighted by atomic mass is 10.1. The van der Waals surface area contributed by atoms with Crippen molar-refractivity contribution >= 4 is 28.5 Å². The number of pyridine rings is 2. The number of aromatic nitrogens is 2. The van der Waals surface area contributed by atoms with E-state index >= 15 is 0 Å². The molecule has 2 aromatic heterocycles. The van der Waals surface area contributed by atoms with E-state index in [0.717, 1.165) is 12.3 Å². The number of rotatable bonds is 5. The summed E-state index contributed by atoms with van der Waals surface area (Å²) < 4.78 is 83.1. The molecule has 0 bridgehead atoms. The summed E-state index contributed by atoms with van der Waals surface area (Å²) in [4.78, 5) is 29.2. The minimum Gasteiger partial charge on any atom is -0.347 e. The summed E-state index contributed by atoms with van der Waals surface area (Å²) >= 11 is 5.82. The summed E-state index contributed by atoms with van der Waals surface area (Å²) in [6.07, 6.45) is -4.20. The van der Waals surface area contributed by atoms with E-state index in [-0.39, 0.29) is 16.2 Å². The van der Waals surface area contributed by atoms with Crippen LogP contribution in [-0.4, -0.2) is 34.5 Å². The van der Waals surface area contributed by atoms with Crippen molar-refractivity contribution in [3.05, 3.63) is 68.9 Å². The molecule has 13 heteroatoms. The molecule has 0 saturated heterocycles. The zero-order valence-corrected chi connectivity index (χ0v) is 16.7. The lowest BCUT2D eigenvalue weighted by molar-refractivity contribution is -0.325. The Morgan fingerprint density at radius 1 is 1.22 bits per heavy atom. The summed E-state index contributed by atoms with van der Waals surface area (Å²) in [6.45, 7) is 0.235. The third kappa shape index (κ3) is 5.02. The molecule has 170 valence electrons. The highest BCUT2D eigenvalue weighted by Crippen LogP contribution is 2.24. The molecule has 0 aliphatic heterocycles. The van der Waals surface area contributed by atoms with Crippen LogP contribution in [0.2, 0.25) is 5.15 Å². The zero-order chi connectivity index (χ0) is 23.8. The van der Waals surface area contributed by atoms with Gasteiger partial charge in [0.25, 0.3) is 5.91 Å². The molecule has 6 nitrogen and oxygen atoms in total. The lowest BCUT2D eigenvalue weighted by Crippen LogP contribution is -2.39. The Hall–Kier alpha value is -3.12. The highest BCUT2D eigenvalue weighted by atomic mass is 35.5. The maximum atomic E-state index is 14.4. The molecule has 1 unspecified atom stereocenters. The number of hydrogen-bond donors (Lipinski definition) is 1. The quantitative estimate of drug-likeness (QED) is 0.441. The van der Waals surface area contributed by atoms with Gasteiger partial charge in [0.1, 0.15) is 27.9 Å². The number of carbonyl (C=O) groups is 1. The Morgan fingerprint density at radius 3 is 2.44 bits per heavy atom. The molecular formula is C19H12ClF6N3O3. The molecule has 0 radical (unpaired) electrons. The number of fused-ring (bicyclic) bond motifs is 1.